The van der Waals surface area contributed by atoms with Gasteiger partial charge in [0.25, 0.3) is 0 Å². The van der Waals surface area contributed by atoms with Crippen molar-refractivity contribution in [1.29, 1.82) is 0 Å². The van der Waals surface area contributed by atoms with Gasteiger partial charge in [0.05, 0.1) is 0 Å². The van der Waals surface area contributed by atoms with Crippen molar-refractivity contribution in [2.24, 2.45) is 0 Å². The number of benzene rings is 1. The predicted molar refractivity (Wildman–Crippen MR) is 50.5 cm³/mol. The fraction of sp³-hybridized carbons (Fsp3) is 0. The summed E-state index contributed by atoms with van der Waals surface area (Å²) in [4.78, 5) is 0. The average Bonchev–Trinajstić information content (AvgIpc) is 1.88. The summed E-state index contributed by atoms with van der Waals surface area (Å²) in [6, 6.07) is 7.18. The van der Waals surface area contributed by atoms with Crippen LogP contribution in [0.1, 0.15) is 5.56 Å². The van der Waals surface area contributed by atoms with Crippen molar-refractivity contribution >= 4 is 40.6 Å². The van der Waals surface area contributed by atoms with E-state index in [9.17, 15) is 0 Å². The first-order chi connectivity index (χ1) is 4.70. The molecule has 0 radical (unpaired) electrons. The van der Waals surface area contributed by atoms with Crippen LogP contribution in [0.5, 0.6) is 0 Å². The van der Waals surface area contributed by atoms with Crippen LogP contribution < -0.4 is 29.6 Å². The van der Waals surface area contributed by atoms with E-state index in [1.54, 1.807) is 12.1 Å². The maximum atomic E-state index is 5.64. The second kappa shape index (κ2) is 5.46. The molecule has 0 aliphatic carbocycles. The van der Waals surface area contributed by atoms with Crippen LogP contribution in [0.2, 0.25) is 5.02 Å². The van der Waals surface area contributed by atoms with Gasteiger partial charge in [-0.1, -0.05) is 23.7 Å². The Morgan fingerprint density at radius 2 is 1.73 bits per heavy atom. The number of hydrogen-bond acceptors (Lipinski definition) is 2. The SMILES string of the molecule is S=C([S-])c1ccc(Cl)cc1.[Na+]. The van der Waals surface area contributed by atoms with E-state index >= 15 is 0 Å². The molecule has 0 aliphatic rings. The first-order valence-corrected chi connectivity index (χ1v) is 3.86. The van der Waals surface area contributed by atoms with Crippen LogP contribution in [0.4, 0.5) is 0 Å². The molecule has 0 aromatic heterocycles. The fourth-order valence-corrected chi connectivity index (χ4v) is 0.984. The van der Waals surface area contributed by atoms with Crippen molar-refractivity contribution in [2.75, 3.05) is 0 Å². The van der Waals surface area contributed by atoms with Crippen LogP contribution in [-0.2, 0) is 12.6 Å². The van der Waals surface area contributed by atoms with Crippen LogP contribution in [0, 0.1) is 0 Å². The Kier molecular flexibility index (Phi) is 5.87. The van der Waals surface area contributed by atoms with E-state index < -0.39 is 0 Å². The van der Waals surface area contributed by atoms with Gasteiger partial charge in [-0.25, -0.2) is 0 Å². The van der Waals surface area contributed by atoms with Gasteiger partial charge in [0.1, 0.15) is 0 Å². The van der Waals surface area contributed by atoms with Crippen LogP contribution >= 0.6 is 23.8 Å². The third kappa shape index (κ3) is 3.83. The molecule has 0 heterocycles. The van der Waals surface area contributed by atoms with Crippen molar-refractivity contribution in [3.05, 3.63) is 34.9 Å². The third-order valence-electron chi connectivity index (χ3n) is 1.08. The Morgan fingerprint density at radius 3 is 2.09 bits per heavy atom. The molecule has 0 amide bonds. The Labute approximate surface area is 104 Å². The molecule has 0 nitrogen and oxygen atoms in total. The first-order valence-electron chi connectivity index (χ1n) is 2.67. The van der Waals surface area contributed by atoms with E-state index in [0.717, 1.165) is 5.56 Å². The van der Waals surface area contributed by atoms with Crippen LogP contribution in [0.3, 0.4) is 0 Å². The Hall–Kier alpha value is 0.820. The molecule has 0 saturated heterocycles. The first kappa shape index (κ1) is 11.8. The van der Waals surface area contributed by atoms with Crippen LogP contribution in [0.15, 0.2) is 24.3 Å². The minimum Gasteiger partial charge on any atom is -0.428 e. The Bertz CT molecular complexity index is 245. The Balaban J connectivity index is 0.000001000. The summed E-state index contributed by atoms with van der Waals surface area (Å²) in [5.41, 5.74) is 0.884. The molecule has 4 heteroatoms. The zero-order chi connectivity index (χ0) is 7.56. The van der Waals surface area contributed by atoms with E-state index in [-0.39, 0.29) is 29.6 Å². The summed E-state index contributed by atoms with van der Waals surface area (Å²) in [6.07, 6.45) is 0. The summed E-state index contributed by atoms with van der Waals surface area (Å²) < 4.78 is 0.483. The quantitative estimate of drug-likeness (QED) is 0.351. The smallest absolute Gasteiger partial charge is 0.428 e. The van der Waals surface area contributed by atoms with Gasteiger partial charge < -0.3 is 24.8 Å². The minimum absolute atomic E-state index is 0. The molecular weight excluding hydrogens is 207 g/mol. The number of thiocarbonyl (C=S) groups is 1. The van der Waals surface area contributed by atoms with E-state index in [1.165, 1.54) is 0 Å². The van der Waals surface area contributed by atoms with Crippen LogP contribution in [-0.4, -0.2) is 4.20 Å². The van der Waals surface area contributed by atoms with Gasteiger partial charge >= 0.3 is 29.6 Å². The summed E-state index contributed by atoms with van der Waals surface area (Å²) in [5.74, 6) is 0. The number of rotatable bonds is 1. The third-order valence-corrected chi connectivity index (χ3v) is 1.80. The van der Waals surface area contributed by atoms with Crippen molar-refractivity contribution in [1.82, 2.24) is 0 Å². The normalized spacial score (nSPS) is 8.45. The van der Waals surface area contributed by atoms with Gasteiger partial charge in [0.15, 0.2) is 0 Å². The zero-order valence-corrected chi connectivity index (χ0v) is 10.4. The molecule has 0 saturated carbocycles. The van der Waals surface area contributed by atoms with Crippen LogP contribution in [0.25, 0.3) is 0 Å². The van der Waals surface area contributed by atoms with E-state index in [1.807, 2.05) is 12.1 Å². The van der Waals surface area contributed by atoms with Gasteiger partial charge in [-0.2, -0.15) is 0 Å². The molecular formula is C7H4ClNaS2. The van der Waals surface area contributed by atoms with Gasteiger partial charge in [-0.05, 0) is 17.7 Å². The topological polar surface area (TPSA) is 0 Å². The second-order valence-corrected chi connectivity index (χ2v) is 3.31. The maximum absolute atomic E-state index is 5.64. The molecule has 1 rings (SSSR count). The van der Waals surface area contributed by atoms with Crippen molar-refractivity contribution in [3.63, 3.8) is 0 Å². The largest absolute Gasteiger partial charge is 1.00 e. The van der Waals surface area contributed by atoms with Gasteiger partial charge in [0, 0.05) is 5.02 Å². The Morgan fingerprint density at radius 1 is 1.27 bits per heavy atom. The van der Waals surface area contributed by atoms with E-state index in [4.69, 9.17) is 36.4 Å². The van der Waals surface area contributed by atoms with Gasteiger partial charge in [-0.3, -0.25) is 0 Å². The molecule has 1 aromatic rings. The van der Waals surface area contributed by atoms with E-state index in [2.05, 4.69) is 0 Å². The summed E-state index contributed by atoms with van der Waals surface area (Å²) >= 11 is 15.2. The van der Waals surface area contributed by atoms with Gasteiger partial charge in [0.2, 0.25) is 0 Å². The monoisotopic (exact) mass is 210 g/mol. The van der Waals surface area contributed by atoms with E-state index in [0.29, 0.717) is 9.22 Å². The molecule has 52 valence electrons. The minimum atomic E-state index is 0. The second-order valence-electron chi connectivity index (χ2n) is 1.79. The molecule has 0 N–H and O–H groups in total. The number of hydrogen-bond donors (Lipinski definition) is 0. The van der Waals surface area contributed by atoms with Gasteiger partial charge in [-0.15, -0.1) is 4.20 Å². The maximum Gasteiger partial charge on any atom is 1.00 e. The van der Waals surface area contributed by atoms with Crippen molar-refractivity contribution in [2.45, 2.75) is 0 Å². The predicted octanol–water partition coefficient (Wildman–Crippen LogP) is -0.434. The van der Waals surface area contributed by atoms with Crippen molar-refractivity contribution in [3.8, 4) is 0 Å². The van der Waals surface area contributed by atoms with Crippen molar-refractivity contribution < 1.29 is 29.6 Å². The number of halogens is 1. The molecule has 0 bridgehead atoms. The fourth-order valence-electron chi connectivity index (χ4n) is 0.586. The summed E-state index contributed by atoms with van der Waals surface area (Å²) in [5, 5.41) is 0.704. The molecule has 0 atom stereocenters. The average molecular weight is 211 g/mol. The molecule has 11 heavy (non-hydrogen) atoms. The molecule has 0 spiro atoms. The summed E-state index contributed by atoms with van der Waals surface area (Å²) in [6.45, 7) is 0. The molecule has 0 fully saturated rings. The summed E-state index contributed by atoms with van der Waals surface area (Å²) in [7, 11) is 0. The molecule has 0 unspecified atom stereocenters. The molecule has 1 aromatic carbocycles. The molecule has 0 aliphatic heterocycles. The standard InChI is InChI=1S/C7H5ClS2.Na/c8-6-3-1-5(2-4-6)7(9)10;/h1-4H,(H,9,10);/q;+1/p-1. The zero-order valence-electron chi connectivity index (χ0n) is 6.00.